The van der Waals surface area contributed by atoms with E-state index in [0.29, 0.717) is 12.1 Å². The highest BCUT2D eigenvalue weighted by Crippen LogP contribution is 2.34. The van der Waals surface area contributed by atoms with E-state index in [-0.39, 0.29) is 0 Å². The second-order valence-corrected chi connectivity index (χ2v) is 5.39. The number of anilines is 1. The lowest BCUT2D eigenvalue weighted by atomic mass is 10.1. The van der Waals surface area contributed by atoms with Gasteiger partial charge in [-0.2, -0.15) is 5.26 Å². The first-order valence-electron chi connectivity index (χ1n) is 7.17. The van der Waals surface area contributed by atoms with Gasteiger partial charge in [-0.3, -0.25) is 0 Å². The molecule has 1 aliphatic rings. The van der Waals surface area contributed by atoms with Crippen LogP contribution in [-0.2, 0) is 6.54 Å². The summed E-state index contributed by atoms with van der Waals surface area (Å²) in [5, 5.41) is 12.5. The van der Waals surface area contributed by atoms with Crippen LogP contribution in [0.25, 0.3) is 0 Å². The highest BCUT2D eigenvalue weighted by molar-refractivity contribution is 5.62. The number of benzene rings is 1. The molecule has 0 aliphatic carbocycles. The first-order chi connectivity index (χ1) is 9.21. The Bertz CT molecular complexity index is 475. The number of nitrogens with zero attached hydrogens (tertiary/aromatic N) is 2. The van der Waals surface area contributed by atoms with Gasteiger partial charge in [0.25, 0.3) is 0 Å². The molecule has 2 rings (SSSR count). The van der Waals surface area contributed by atoms with Gasteiger partial charge in [0.15, 0.2) is 0 Å². The molecule has 19 heavy (non-hydrogen) atoms. The third kappa shape index (κ3) is 2.74. The number of hydrogen-bond acceptors (Lipinski definition) is 3. The molecule has 0 bridgehead atoms. The molecule has 102 valence electrons. The Hall–Kier alpha value is -1.53. The Labute approximate surface area is 116 Å². The van der Waals surface area contributed by atoms with Gasteiger partial charge >= 0.3 is 0 Å². The van der Waals surface area contributed by atoms with Crippen molar-refractivity contribution in [3.63, 3.8) is 0 Å². The first-order valence-corrected chi connectivity index (χ1v) is 7.17. The van der Waals surface area contributed by atoms with Crippen molar-refractivity contribution < 1.29 is 0 Å². The first kappa shape index (κ1) is 13.9. The van der Waals surface area contributed by atoms with E-state index >= 15 is 0 Å². The van der Waals surface area contributed by atoms with Gasteiger partial charge in [-0.05, 0) is 50.9 Å². The lowest BCUT2D eigenvalue weighted by molar-refractivity contribution is 0.627. The summed E-state index contributed by atoms with van der Waals surface area (Å²) in [4.78, 5) is 2.45. The Kier molecular flexibility index (Phi) is 4.44. The third-order valence-electron chi connectivity index (χ3n) is 4.10. The molecule has 0 amide bonds. The highest BCUT2D eigenvalue weighted by Gasteiger charge is 2.30. The van der Waals surface area contributed by atoms with E-state index < -0.39 is 0 Å². The van der Waals surface area contributed by atoms with Crippen molar-refractivity contribution in [3.8, 4) is 6.07 Å². The summed E-state index contributed by atoms with van der Waals surface area (Å²) in [6.45, 7) is 5.30. The predicted molar refractivity (Wildman–Crippen MR) is 79.2 cm³/mol. The predicted octanol–water partition coefficient (Wildman–Crippen LogP) is 3.04. The van der Waals surface area contributed by atoms with Crippen molar-refractivity contribution in [2.45, 2.75) is 51.7 Å². The highest BCUT2D eigenvalue weighted by atomic mass is 15.2. The van der Waals surface area contributed by atoms with E-state index in [9.17, 15) is 5.26 Å². The molecule has 1 heterocycles. The molecule has 0 spiro atoms. The van der Waals surface area contributed by atoms with Gasteiger partial charge in [0.1, 0.15) is 6.07 Å². The van der Waals surface area contributed by atoms with Gasteiger partial charge in [-0.25, -0.2) is 0 Å². The number of nitriles is 1. The van der Waals surface area contributed by atoms with Crippen LogP contribution in [0.3, 0.4) is 0 Å². The van der Waals surface area contributed by atoms with Crippen LogP contribution < -0.4 is 10.2 Å². The van der Waals surface area contributed by atoms with Crippen LogP contribution in [0.2, 0.25) is 0 Å². The van der Waals surface area contributed by atoms with E-state index in [1.807, 2.05) is 13.1 Å². The zero-order valence-electron chi connectivity index (χ0n) is 12.1. The number of hydrogen-bond donors (Lipinski definition) is 1. The molecule has 1 aromatic rings. The molecule has 1 fully saturated rings. The van der Waals surface area contributed by atoms with Crippen molar-refractivity contribution in [2.24, 2.45) is 0 Å². The molecule has 0 radical (unpaired) electrons. The average molecular weight is 257 g/mol. The Morgan fingerprint density at radius 2 is 2.21 bits per heavy atom. The average Bonchev–Trinajstić information content (AvgIpc) is 2.80. The molecule has 1 aromatic carbocycles. The molecule has 1 saturated heterocycles. The lowest BCUT2D eigenvalue weighted by Gasteiger charge is -2.31. The molecule has 2 unspecified atom stereocenters. The van der Waals surface area contributed by atoms with Crippen LogP contribution >= 0.6 is 0 Å². The fraction of sp³-hybridized carbons (Fsp3) is 0.562. The van der Waals surface area contributed by atoms with Crippen LogP contribution in [0.15, 0.2) is 18.2 Å². The summed E-state index contributed by atoms with van der Waals surface area (Å²) in [7, 11) is 1.93. The van der Waals surface area contributed by atoms with Gasteiger partial charge < -0.3 is 10.2 Å². The zero-order valence-corrected chi connectivity index (χ0v) is 12.1. The van der Waals surface area contributed by atoms with Crippen LogP contribution in [0, 0.1) is 11.3 Å². The van der Waals surface area contributed by atoms with Crippen LogP contribution in [0.1, 0.15) is 44.2 Å². The molecular weight excluding hydrogens is 234 g/mol. The van der Waals surface area contributed by atoms with E-state index in [1.54, 1.807) is 0 Å². The monoisotopic (exact) mass is 257 g/mol. The standard InChI is InChI=1S/C16H23N3/c1-4-15-7-5-12(2)19(15)16-8-6-13(11-18-3)9-14(16)10-17/h6,8-9,12,15,18H,4-5,7,11H2,1-3H3. The number of nitrogens with one attached hydrogen (secondary N) is 1. The van der Waals surface area contributed by atoms with Crippen molar-refractivity contribution in [3.05, 3.63) is 29.3 Å². The fourth-order valence-corrected chi connectivity index (χ4v) is 3.12. The van der Waals surface area contributed by atoms with E-state index in [2.05, 4.69) is 42.3 Å². The van der Waals surface area contributed by atoms with Crippen LogP contribution in [-0.4, -0.2) is 19.1 Å². The second kappa shape index (κ2) is 6.08. The molecule has 1 aliphatic heterocycles. The molecular formula is C16H23N3. The number of rotatable bonds is 4. The molecule has 2 atom stereocenters. The van der Waals surface area contributed by atoms with Crippen molar-refractivity contribution in [1.29, 1.82) is 5.26 Å². The summed E-state index contributed by atoms with van der Waals surface area (Å²) in [5.74, 6) is 0. The summed E-state index contributed by atoms with van der Waals surface area (Å²) in [6, 6.07) is 9.75. The van der Waals surface area contributed by atoms with Gasteiger partial charge in [-0.1, -0.05) is 13.0 Å². The zero-order chi connectivity index (χ0) is 13.8. The third-order valence-corrected chi connectivity index (χ3v) is 4.10. The lowest BCUT2D eigenvalue weighted by Crippen LogP contribution is -2.34. The maximum absolute atomic E-state index is 9.42. The van der Waals surface area contributed by atoms with Crippen molar-refractivity contribution >= 4 is 5.69 Å². The normalized spacial score (nSPS) is 22.5. The Morgan fingerprint density at radius 1 is 1.42 bits per heavy atom. The Balaban J connectivity index is 2.36. The minimum atomic E-state index is 0.534. The van der Waals surface area contributed by atoms with Crippen LogP contribution in [0.5, 0.6) is 0 Å². The minimum absolute atomic E-state index is 0.534. The van der Waals surface area contributed by atoms with Gasteiger partial charge in [-0.15, -0.1) is 0 Å². The van der Waals surface area contributed by atoms with E-state index in [4.69, 9.17) is 0 Å². The van der Waals surface area contributed by atoms with Gasteiger partial charge in [0, 0.05) is 18.6 Å². The van der Waals surface area contributed by atoms with E-state index in [1.165, 1.54) is 18.4 Å². The fourth-order valence-electron chi connectivity index (χ4n) is 3.12. The quantitative estimate of drug-likeness (QED) is 0.901. The topological polar surface area (TPSA) is 39.1 Å². The minimum Gasteiger partial charge on any atom is -0.365 e. The molecule has 0 saturated carbocycles. The second-order valence-electron chi connectivity index (χ2n) is 5.39. The van der Waals surface area contributed by atoms with E-state index in [0.717, 1.165) is 24.2 Å². The largest absolute Gasteiger partial charge is 0.365 e. The smallest absolute Gasteiger partial charge is 0.101 e. The van der Waals surface area contributed by atoms with Gasteiger partial charge in [0.05, 0.1) is 11.3 Å². The Morgan fingerprint density at radius 3 is 2.84 bits per heavy atom. The summed E-state index contributed by atoms with van der Waals surface area (Å²) in [5.41, 5.74) is 3.09. The van der Waals surface area contributed by atoms with Crippen molar-refractivity contribution in [2.75, 3.05) is 11.9 Å². The summed E-state index contributed by atoms with van der Waals surface area (Å²) >= 11 is 0. The summed E-state index contributed by atoms with van der Waals surface area (Å²) in [6.07, 6.45) is 3.61. The maximum atomic E-state index is 9.42. The van der Waals surface area contributed by atoms with Gasteiger partial charge in [0.2, 0.25) is 0 Å². The SMILES string of the molecule is CCC1CCC(C)N1c1ccc(CNC)cc1C#N. The molecule has 1 N–H and O–H groups in total. The van der Waals surface area contributed by atoms with Crippen LogP contribution in [0.4, 0.5) is 5.69 Å². The maximum Gasteiger partial charge on any atom is 0.101 e. The van der Waals surface area contributed by atoms with Crippen molar-refractivity contribution in [1.82, 2.24) is 5.32 Å². The molecule has 0 aromatic heterocycles. The summed E-state index contributed by atoms with van der Waals surface area (Å²) < 4.78 is 0. The molecule has 3 heteroatoms. The molecule has 3 nitrogen and oxygen atoms in total.